The molecular formula is C10H7ClF2N2O2. The van der Waals surface area contributed by atoms with Crippen LogP contribution in [0, 0.1) is 11.3 Å². The molecular weight excluding hydrogens is 254 g/mol. The summed E-state index contributed by atoms with van der Waals surface area (Å²) in [7, 11) is 1.05. The van der Waals surface area contributed by atoms with Gasteiger partial charge in [0.15, 0.2) is 0 Å². The molecule has 0 saturated heterocycles. The lowest BCUT2D eigenvalue weighted by molar-refractivity contribution is 0.0588. The van der Waals surface area contributed by atoms with Crippen molar-refractivity contribution in [1.82, 2.24) is 4.98 Å². The van der Waals surface area contributed by atoms with E-state index in [-0.39, 0.29) is 17.1 Å². The van der Waals surface area contributed by atoms with Crippen molar-refractivity contribution in [2.24, 2.45) is 0 Å². The van der Waals surface area contributed by atoms with E-state index in [1.54, 1.807) is 6.07 Å². The Bertz CT molecular complexity index is 486. The Balaban J connectivity index is 3.55. The first-order valence-corrected chi connectivity index (χ1v) is 4.94. The molecule has 0 fully saturated rings. The number of carbonyl (C=O) groups is 1. The van der Waals surface area contributed by atoms with Crippen LogP contribution in [0.2, 0.25) is 0 Å². The third kappa shape index (κ3) is 2.50. The standard InChI is InChI=1S/C10H7ClF2N2O2/c1-17-10(16)6-4-15-7(2-11)5(3-14)8(6)9(12)13/h4,9H,2H2,1H3. The summed E-state index contributed by atoms with van der Waals surface area (Å²) in [6, 6.07) is 1.58. The van der Waals surface area contributed by atoms with E-state index in [1.807, 2.05) is 0 Å². The molecule has 0 atom stereocenters. The van der Waals surface area contributed by atoms with Crippen LogP contribution in [0.5, 0.6) is 0 Å². The Hall–Kier alpha value is -1.74. The zero-order valence-corrected chi connectivity index (χ0v) is 9.46. The van der Waals surface area contributed by atoms with Crippen LogP contribution in [0.25, 0.3) is 0 Å². The second-order valence-corrected chi connectivity index (χ2v) is 3.21. The molecule has 0 aromatic carbocycles. The smallest absolute Gasteiger partial charge is 0.339 e. The molecule has 90 valence electrons. The molecule has 0 N–H and O–H groups in total. The fourth-order valence-electron chi connectivity index (χ4n) is 1.29. The van der Waals surface area contributed by atoms with Gasteiger partial charge in [-0.25, -0.2) is 13.6 Å². The normalized spacial score (nSPS) is 10.1. The van der Waals surface area contributed by atoms with Gasteiger partial charge in [0.2, 0.25) is 0 Å². The fourth-order valence-corrected chi connectivity index (χ4v) is 1.49. The molecule has 17 heavy (non-hydrogen) atoms. The Morgan fingerprint density at radius 1 is 1.71 bits per heavy atom. The van der Waals surface area contributed by atoms with Crippen molar-refractivity contribution >= 4 is 17.6 Å². The number of methoxy groups -OCH3 is 1. The Labute approximate surface area is 101 Å². The van der Waals surface area contributed by atoms with Gasteiger partial charge >= 0.3 is 5.97 Å². The minimum atomic E-state index is -2.98. The second kappa shape index (κ2) is 5.55. The van der Waals surface area contributed by atoms with Gasteiger partial charge in [0.05, 0.1) is 35.4 Å². The molecule has 0 aliphatic carbocycles. The summed E-state index contributed by atoms with van der Waals surface area (Å²) in [4.78, 5) is 15.0. The first-order chi connectivity index (χ1) is 8.06. The molecule has 4 nitrogen and oxygen atoms in total. The summed E-state index contributed by atoms with van der Waals surface area (Å²) in [6.07, 6.45) is -2.05. The maximum absolute atomic E-state index is 12.9. The molecule has 0 radical (unpaired) electrons. The lowest BCUT2D eigenvalue weighted by atomic mass is 10.0. The highest BCUT2D eigenvalue weighted by Gasteiger charge is 2.25. The maximum atomic E-state index is 12.9. The van der Waals surface area contributed by atoms with Crippen molar-refractivity contribution in [3.63, 3.8) is 0 Å². The molecule has 1 rings (SSSR count). The van der Waals surface area contributed by atoms with Crippen molar-refractivity contribution in [3.8, 4) is 6.07 Å². The summed E-state index contributed by atoms with van der Waals surface area (Å²) in [6.45, 7) is 0. The van der Waals surface area contributed by atoms with Gasteiger partial charge in [0.25, 0.3) is 6.43 Å². The number of carbonyl (C=O) groups excluding carboxylic acids is 1. The number of nitriles is 1. The number of alkyl halides is 3. The molecule has 1 heterocycles. The fraction of sp³-hybridized carbons (Fsp3) is 0.300. The van der Waals surface area contributed by atoms with Gasteiger partial charge in [0.1, 0.15) is 6.07 Å². The molecule has 0 amide bonds. The molecule has 0 unspecified atom stereocenters. The minimum absolute atomic E-state index is 0.0112. The van der Waals surface area contributed by atoms with Gasteiger partial charge in [-0.3, -0.25) is 4.98 Å². The number of aromatic nitrogens is 1. The van der Waals surface area contributed by atoms with E-state index >= 15 is 0 Å². The quantitative estimate of drug-likeness (QED) is 0.618. The first kappa shape index (κ1) is 13.3. The van der Waals surface area contributed by atoms with Crippen LogP contribution in [-0.2, 0) is 10.6 Å². The van der Waals surface area contributed by atoms with Crippen LogP contribution in [0.15, 0.2) is 6.20 Å². The Kier molecular flexibility index (Phi) is 4.35. The summed E-state index contributed by atoms with van der Waals surface area (Å²) in [5.74, 6) is -1.16. The van der Waals surface area contributed by atoms with Crippen LogP contribution in [0.4, 0.5) is 8.78 Å². The van der Waals surface area contributed by atoms with E-state index in [0.29, 0.717) is 0 Å². The van der Waals surface area contributed by atoms with Crippen LogP contribution < -0.4 is 0 Å². The highest BCUT2D eigenvalue weighted by molar-refractivity contribution is 6.17. The number of esters is 1. The van der Waals surface area contributed by atoms with E-state index in [4.69, 9.17) is 16.9 Å². The summed E-state index contributed by atoms with van der Waals surface area (Å²) >= 11 is 5.48. The lowest BCUT2D eigenvalue weighted by Gasteiger charge is -2.10. The molecule has 0 saturated carbocycles. The second-order valence-electron chi connectivity index (χ2n) is 2.94. The third-order valence-electron chi connectivity index (χ3n) is 2.06. The zero-order chi connectivity index (χ0) is 13.0. The number of hydrogen-bond donors (Lipinski definition) is 0. The largest absolute Gasteiger partial charge is 0.465 e. The van der Waals surface area contributed by atoms with E-state index in [0.717, 1.165) is 13.3 Å². The molecule has 0 bridgehead atoms. The van der Waals surface area contributed by atoms with Gasteiger partial charge in [-0.15, -0.1) is 11.6 Å². The minimum Gasteiger partial charge on any atom is -0.465 e. The zero-order valence-electron chi connectivity index (χ0n) is 8.71. The van der Waals surface area contributed by atoms with Gasteiger partial charge < -0.3 is 4.74 Å². The van der Waals surface area contributed by atoms with Gasteiger partial charge in [0, 0.05) is 6.20 Å². The average Bonchev–Trinajstić information content (AvgIpc) is 2.35. The topological polar surface area (TPSA) is 63.0 Å². The number of nitrogens with zero attached hydrogens (tertiary/aromatic N) is 2. The molecule has 1 aromatic rings. The van der Waals surface area contributed by atoms with E-state index in [1.165, 1.54) is 0 Å². The van der Waals surface area contributed by atoms with Crippen molar-refractivity contribution < 1.29 is 18.3 Å². The number of hydrogen-bond acceptors (Lipinski definition) is 4. The lowest BCUT2D eigenvalue weighted by Crippen LogP contribution is -2.11. The number of pyridine rings is 1. The van der Waals surface area contributed by atoms with Crippen molar-refractivity contribution in [3.05, 3.63) is 28.6 Å². The number of halogens is 3. The van der Waals surface area contributed by atoms with Gasteiger partial charge in [-0.2, -0.15) is 5.26 Å². The number of rotatable bonds is 3. The summed E-state index contributed by atoms with van der Waals surface area (Å²) in [5.41, 5.74) is -1.48. The van der Waals surface area contributed by atoms with Crippen molar-refractivity contribution in [1.29, 1.82) is 5.26 Å². The maximum Gasteiger partial charge on any atom is 0.339 e. The third-order valence-corrected chi connectivity index (χ3v) is 2.31. The first-order valence-electron chi connectivity index (χ1n) is 4.41. The molecule has 1 aromatic heterocycles. The van der Waals surface area contributed by atoms with Crippen LogP contribution in [0.3, 0.4) is 0 Å². The highest BCUT2D eigenvalue weighted by atomic mass is 35.5. The summed E-state index contributed by atoms with van der Waals surface area (Å²) < 4.78 is 30.1. The summed E-state index contributed by atoms with van der Waals surface area (Å²) in [5, 5.41) is 8.82. The van der Waals surface area contributed by atoms with Crippen LogP contribution in [0.1, 0.15) is 33.6 Å². The molecule has 0 aliphatic rings. The number of ether oxygens (including phenoxy) is 1. The van der Waals surface area contributed by atoms with Gasteiger partial charge in [-0.1, -0.05) is 0 Å². The van der Waals surface area contributed by atoms with E-state index in [9.17, 15) is 13.6 Å². The van der Waals surface area contributed by atoms with Crippen LogP contribution >= 0.6 is 11.6 Å². The molecule has 0 aliphatic heterocycles. The van der Waals surface area contributed by atoms with Crippen molar-refractivity contribution in [2.75, 3.05) is 7.11 Å². The Morgan fingerprint density at radius 3 is 2.76 bits per heavy atom. The van der Waals surface area contributed by atoms with E-state index in [2.05, 4.69) is 9.72 Å². The molecule has 0 spiro atoms. The predicted octanol–water partition coefficient (Wildman–Crippen LogP) is 2.42. The SMILES string of the molecule is COC(=O)c1cnc(CCl)c(C#N)c1C(F)F. The Morgan fingerprint density at radius 2 is 2.35 bits per heavy atom. The predicted molar refractivity (Wildman–Crippen MR) is 54.8 cm³/mol. The monoisotopic (exact) mass is 260 g/mol. The molecule has 7 heteroatoms. The van der Waals surface area contributed by atoms with E-state index < -0.39 is 23.5 Å². The van der Waals surface area contributed by atoms with Crippen LogP contribution in [-0.4, -0.2) is 18.1 Å². The van der Waals surface area contributed by atoms with Crippen molar-refractivity contribution in [2.45, 2.75) is 12.3 Å². The van der Waals surface area contributed by atoms with Gasteiger partial charge in [-0.05, 0) is 0 Å². The highest BCUT2D eigenvalue weighted by Crippen LogP contribution is 2.28. The average molecular weight is 261 g/mol.